The maximum absolute atomic E-state index is 12.5. The van der Waals surface area contributed by atoms with Gasteiger partial charge >= 0.3 is 0 Å². The van der Waals surface area contributed by atoms with Crippen molar-refractivity contribution in [2.24, 2.45) is 0 Å². The lowest BCUT2D eigenvalue weighted by molar-refractivity contribution is 0.0978. The SMILES string of the molecule is CCCCCCCCC(=O)c1ccc(N)c(C(=O)CCCCCCCC)c1. The van der Waals surface area contributed by atoms with Crippen LogP contribution in [0.4, 0.5) is 5.69 Å². The van der Waals surface area contributed by atoms with E-state index in [1.165, 1.54) is 51.4 Å². The first kappa shape index (κ1) is 23.4. The van der Waals surface area contributed by atoms with Crippen LogP contribution in [0.25, 0.3) is 0 Å². The average Bonchev–Trinajstić information content (AvgIpc) is 2.67. The quantitative estimate of drug-likeness (QED) is 0.190. The van der Waals surface area contributed by atoms with Crippen molar-refractivity contribution in [3.05, 3.63) is 29.3 Å². The molecule has 0 amide bonds. The van der Waals surface area contributed by atoms with E-state index in [9.17, 15) is 9.59 Å². The number of unbranched alkanes of at least 4 members (excludes halogenated alkanes) is 10. The maximum Gasteiger partial charge on any atom is 0.164 e. The zero-order valence-electron chi connectivity index (χ0n) is 17.5. The number of nitrogens with two attached hydrogens (primary N) is 1. The van der Waals surface area contributed by atoms with Gasteiger partial charge in [-0.05, 0) is 31.0 Å². The second-order valence-electron chi connectivity index (χ2n) is 7.68. The molecule has 0 atom stereocenters. The average molecular weight is 374 g/mol. The van der Waals surface area contributed by atoms with Gasteiger partial charge in [-0.1, -0.05) is 78.1 Å². The van der Waals surface area contributed by atoms with Crippen molar-refractivity contribution < 1.29 is 9.59 Å². The Morgan fingerprint density at radius 1 is 0.704 bits per heavy atom. The third-order valence-electron chi connectivity index (χ3n) is 5.19. The minimum absolute atomic E-state index is 0.0669. The Labute approximate surface area is 166 Å². The van der Waals surface area contributed by atoms with Crippen LogP contribution in [-0.4, -0.2) is 11.6 Å². The summed E-state index contributed by atoms with van der Waals surface area (Å²) in [5.74, 6) is 0.191. The number of nitrogen functional groups attached to an aromatic ring is 1. The summed E-state index contributed by atoms with van der Waals surface area (Å²) in [5, 5.41) is 0. The molecule has 1 aromatic carbocycles. The third-order valence-corrected chi connectivity index (χ3v) is 5.19. The van der Waals surface area contributed by atoms with Crippen molar-refractivity contribution in [2.75, 3.05) is 5.73 Å². The van der Waals surface area contributed by atoms with Crippen LogP contribution in [0.15, 0.2) is 18.2 Å². The minimum atomic E-state index is 0.0669. The standard InChI is InChI=1S/C24H39NO2/c1-3-5-7-9-11-13-15-23(26)20-17-18-22(25)21(19-20)24(27)16-14-12-10-8-6-4-2/h17-19H,3-16,25H2,1-2H3. The summed E-state index contributed by atoms with van der Waals surface area (Å²) >= 11 is 0. The molecule has 0 aliphatic heterocycles. The fourth-order valence-corrected chi connectivity index (χ4v) is 3.38. The number of carbonyl (C=O) groups excluding carboxylic acids is 2. The molecule has 3 nitrogen and oxygen atoms in total. The summed E-state index contributed by atoms with van der Waals surface area (Å²) in [6, 6.07) is 5.19. The van der Waals surface area contributed by atoms with Crippen molar-refractivity contribution >= 4 is 17.3 Å². The van der Waals surface area contributed by atoms with Gasteiger partial charge in [0.25, 0.3) is 0 Å². The second-order valence-corrected chi connectivity index (χ2v) is 7.68. The molecule has 0 saturated carbocycles. The normalized spacial score (nSPS) is 10.9. The van der Waals surface area contributed by atoms with E-state index < -0.39 is 0 Å². The molecule has 2 N–H and O–H groups in total. The number of anilines is 1. The molecule has 0 radical (unpaired) electrons. The summed E-state index contributed by atoms with van der Waals surface area (Å²) in [7, 11) is 0. The van der Waals surface area contributed by atoms with Crippen molar-refractivity contribution in [1.82, 2.24) is 0 Å². The lowest BCUT2D eigenvalue weighted by Crippen LogP contribution is -2.07. The van der Waals surface area contributed by atoms with Crippen molar-refractivity contribution in [1.29, 1.82) is 0 Å². The van der Waals surface area contributed by atoms with Crippen molar-refractivity contribution in [2.45, 2.75) is 104 Å². The number of ketones is 2. The minimum Gasteiger partial charge on any atom is -0.398 e. The summed E-state index contributed by atoms with van der Waals surface area (Å²) in [4.78, 5) is 24.9. The molecule has 0 fully saturated rings. The van der Waals surface area contributed by atoms with Gasteiger partial charge in [0.1, 0.15) is 0 Å². The number of hydrogen-bond acceptors (Lipinski definition) is 3. The molecule has 0 aliphatic carbocycles. The van der Waals surface area contributed by atoms with E-state index in [0.29, 0.717) is 29.7 Å². The van der Waals surface area contributed by atoms with E-state index >= 15 is 0 Å². The topological polar surface area (TPSA) is 60.2 Å². The Kier molecular flexibility index (Phi) is 12.5. The monoisotopic (exact) mass is 373 g/mol. The fraction of sp³-hybridized carbons (Fsp3) is 0.667. The summed E-state index contributed by atoms with van der Waals surface area (Å²) < 4.78 is 0. The molecular weight excluding hydrogens is 334 g/mol. The van der Waals surface area contributed by atoms with Gasteiger partial charge < -0.3 is 5.73 Å². The Bertz CT molecular complexity index is 565. The van der Waals surface area contributed by atoms with E-state index in [2.05, 4.69) is 13.8 Å². The van der Waals surface area contributed by atoms with Crippen LogP contribution in [0.3, 0.4) is 0 Å². The first-order chi connectivity index (χ1) is 13.1. The first-order valence-electron chi connectivity index (χ1n) is 11.1. The van der Waals surface area contributed by atoms with Crippen molar-refractivity contribution in [3.63, 3.8) is 0 Å². The molecule has 0 spiro atoms. The van der Waals surface area contributed by atoms with E-state index in [-0.39, 0.29) is 11.6 Å². The molecule has 0 saturated heterocycles. The van der Waals surface area contributed by atoms with Crippen LogP contribution in [0.1, 0.15) is 124 Å². The number of benzene rings is 1. The highest BCUT2D eigenvalue weighted by Gasteiger charge is 2.13. The molecule has 0 unspecified atom stereocenters. The zero-order chi connectivity index (χ0) is 19.9. The van der Waals surface area contributed by atoms with Gasteiger partial charge in [-0.15, -0.1) is 0 Å². The zero-order valence-corrected chi connectivity index (χ0v) is 17.5. The van der Waals surface area contributed by atoms with Gasteiger partial charge in [-0.2, -0.15) is 0 Å². The van der Waals surface area contributed by atoms with Gasteiger partial charge in [-0.25, -0.2) is 0 Å². The Morgan fingerprint density at radius 2 is 1.19 bits per heavy atom. The molecule has 1 rings (SSSR count). The number of hydrogen-bond donors (Lipinski definition) is 1. The Balaban J connectivity index is 2.45. The van der Waals surface area contributed by atoms with Crippen molar-refractivity contribution in [3.8, 4) is 0 Å². The van der Waals surface area contributed by atoms with E-state index in [4.69, 9.17) is 5.73 Å². The molecule has 3 heteroatoms. The first-order valence-corrected chi connectivity index (χ1v) is 11.1. The lowest BCUT2D eigenvalue weighted by Gasteiger charge is -2.08. The highest BCUT2D eigenvalue weighted by atomic mass is 16.1. The van der Waals surface area contributed by atoms with Gasteiger partial charge in [0.05, 0.1) is 0 Å². The highest BCUT2D eigenvalue weighted by Crippen LogP contribution is 2.20. The largest absolute Gasteiger partial charge is 0.398 e. The Morgan fingerprint density at radius 3 is 1.74 bits per heavy atom. The summed E-state index contributed by atoms with van der Waals surface area (Å²) in [6.07, 6.45) is 15.0. The summed E-state index contributed by atoms with van der Waals surface area (Å²) in [6.45, 7) is 4.41. The molecular formula is C24H39NO2. The van der Waals surface area contributed by atoms with Crippen LogP contribution in [0.5, 0.6) is 0 Å². The molecule has 0 heterocycles. The van der Waals surface area contributed by atoms with Crippen LogP contribution in [0, 0.1) is 0 Å². The van der Waals surface area contributed by atoms with Gasteiger partial charge in [-0.3, -0.25) is 9.59 Å². The predicted molar refractivity (Wildman–Crippen MR) is 116 cm³/mol. The van der Waals surface area contributed by atoms with Gasteiger partial charge in [0.2, 0.25) is 0 Å². The molecule has 27 heavy (non-hydrogen) atoms. The van der Waals surface area contributed by atoms with Crippen LogP contribution in [-0.2, 0) is 0 Å². The van der Waals surface area contributed by atoms with Crippen LogP contribution < -0.4 is 5.73 Å². The second kappa shape index (κ2) is 14.4. The molecule has 152 valence electrons. The molecule has 0 aromatic heterocycles. The smallest absolute Gasteiger partial charge is 0.164 e. The molecule has 1 aromatic rings. The van der Waals surface area contributed by atoms with E-state index in [1.54, 1.807) is 18.2 Å². The van der Waals surface area contributed by atoms with Gasteiger partial charge in [0, 0.05) is 29.7 Å². The molecule has 0 bridgehead atoms. The van der Waals surface area contributed by atoms with E-state index in [1.807, 2.05) is 0 Å². The van der Waals surface area contributed by atoms with Gasteiger partial charge in [0.15, 0.2) is 11.6 Å². The van der Waals surface area contributed by atoms with Crippen LogP contribution >= 0.6 is 0 Å². The number of rotatable bonds is 16. The highest BCUT2D eigenvalue weighted by molar-refractivity contribution is 6.04. The number of Topliss-reactive ketones (excluding diaryl/α,β-unsaturated/α-hetero) is 2. The number of carbonyl (C=O) groups is 2. The van der Waals surface area contributed by atoms with E-state index in [0.717, 1.165) is 25.7 Å². The predicted octanol–water partition coefficient (Wildman–Crippen LogP) is 7.14. The molecule has 0 aliphatic rings. The summed E-state index contributed by atoms with van der Waals surface area (Å²) in [5.41, 5.74) is 7.64. The lowest BCUT2D eigenvalue weighted by atomic mass is 9.97. The Hall–Kier alpha value is -1.64. The van der Waals surface area contributed by atoms with Crippen LogP contribution in [0.2, 0.25) is 0 Å². The fourth-order valence-electron chi connectivity index (χ4n) is 3.38. The maximum atomic E-state index is 12.5. The third kappa shape index (κ3) is 9.74.